The SMILES string of the molecule is COc1cccc2cc(C(=O)N3CCN(CCn4ncccc4=O)CC3)oc12. The summed E-state index contributed by atoms with van der Waals surface area (Å²) in [6, 6.07) is 10.5. The molecule has 4 rings (SSSR count). The highest BCUT2D eigenvalue weighted by Crippen LogP contribution is 2.29. The van der Waals surface area contributed by atoms with Gasteiger partial charge in [-0.2, -0.15) is 5.10 Å². The van der Waals surface area contributed by atoms with Crippen molar-refractivity contribution in [1.29, 1.82) is 0 Å². The van der Waals surface area contributed by atoms with E-state index in [0.29, 0.717) is 36.7 Å². The number of hydrogen-bond donors (Lipinski definition) is 0. The van der Waals surface area contributed by atoms with Crippen molar-refractivity contribution in [2.75, 3.05) is 39.8 Å². The van der Waals surface area contributed by atoms with Crippen LogP contribution in [0.3, 0.4) is 0 Å². The largest absolute Gasteiger partial charge is 0.493 e. The predicted octanol–water partition coefficient (Wildman–Crippen LogP) is 1.46. The van der Waals surface area contributed by atoms with Crippen LogP contribution in [0.15, 0.2) is 51.8 Å². The third-order valence-corrected chi connectivity index (χ3v) is 5.01. The number of piperazine rings is 1. The standard InChI is InChI=1S/C20H22N4O4/c1-27-16-5-2-4-15-14-17(28-19(15)16)20(26)23-11-8-22(9-12-23)10-13-24-18(25)6-3-7-21-24/h2-7,14H,8-13H2,1H3. The molecule has 0 aliphatic carbocycles. The molecule has 0 N–H and O–H groups in total. The highest BCUT2D eigenvalue weighted by atomic mass is 16.5. The number of methoxy groups -OCH3 is 1. The maximum absolute atomic E-state index is 12.8. The minimum absolute atomic E-state index is 0.100. The van der Waals surface area contributed by atoms with Gasteiger partial charge in [-0.1, -0.05) is 12.1 Å². The summed E-state index contributed by atoms with van der Waals surface area (Å²) in [5.74, 6) is 0.831. The van der Waals surface area contributed by atoms with Gasteiger partial charge in [-0.05, 0) is 18.2 Å². The van der Waals surface area contributed by atoms with Gasteiger partial charge < -0.3 is 14.1 Å². The molecule has 1 aromatic carbocycles. The lowest BCUT2D eigenvalue weighted by Gasteiger charge is -2.34. The average Bonchev–Trinajstić information content (AvgIpc) is 3.17. The van der Waals surface area contributed by atoms with Crippen molar-refractivity contribution in [2.24, 2.45) is 0 Å². The van der Waals surface area contributed by atoms with E-state index < -0.39 is 0 Å². The molecule has 3 aromatic rings. The molecule has 1 fully saturated rings. The number of nitrogens with zero attached hydrogens (tertiary/aromatic N) is 4. The summed E-state index contributed by atoms with van der Waals surface area (Å²) in [6.45, 7) is 3.99. The Morgan fingerprint density at radius 3 is 2.71 bits per heavy atom. The van der Waals surface area contributed by atoms with Gasteiger partial charge >= 0.3 is 0 Å². The first-order chi connectivity index (χ1) is 13.7. The number of benzene rings is 1. The van der Waals surface area contributed by atoms with Crippen LogP contribution < -0.4 is 10.3 Å². The average molecular weight is 382 g/mol. The number of aromatic nitrogens is 2. The van der Waals surface area contributed by atoms with Gasteiger partial charge in [-0.15, -0.1) is 0 Å². The van der Waals surface area contributed by atoms with Gasteiger partial charge in [0.25, 0.3) is 11.5 Å². The van der Waals surface area contributed by atoms with Gasteiger partial charge in [0.1, 0.15) is 0 Å². The number of fused-ring (bicyclic) bond motifs is 1. The maximum atomic E-state index is 12.8. The van der Waals surface area contributed by atoms with Gasteiger partial charge in [-0.3, -0.25) is 14.5 Å². The molecular formula is C20H22N4O4. The van der Waals surface area contributed by atoms with E-state index in [1.54, 1.807) is 30.3 Å². The number of carbonyl (C=O) groups is 1. The number of ether oxygens (including phenoxy) is 1. The molecular weight excluding hydrogens is 360 g/mol. The normalized spacial score (nSPS) is 15.1. The van der Waals surface area contributed by atoms with E-state index in [0.717, 1.165) is 25.0 Å². The second kappa shape index (κ2) is 7.85. The van der Waals surface area contributed by atoms with Crippen LogP contribution in [0, 0.1) is 0 Å². The zero-order valence-corrected chi connectivity index (χ0v) is 15.7. The number of carbonyl (C=O) groups excluding carboxylic acids is 1. The molecule has 0 saturated carbocycles. The summed E-state index contributed by atoms with van der Waals surface area (Å²) in [5, 5.41) is 4.92. The van der Waals surface area contributed by atoms with Crippen molar-refractivity contribution in [2.45, 2.75) is 6.54 Å². The first-order valence-electron chi connectivity index (χ1n) is 9.26. The highest BCUT2D eigenvalue weighted by Gasteiger charge is 2.25. The molecule has 0 unspecified atom stereocenters. The second-order valence-corrected chi connectivity index (χ2v) is 6.71. The van der Waals surface area contributed by atoms with Crippen LogP contribution in [-0.2, 0) is 6.54 Å². The van der Waals surface area contributed by atoms with E-state index in [-0.39, 0.29) is 11.5 Å². The molecule has 1 amide bonds. The van der Waals surface area contributed by atoms with E-state index in [1.165, 1.54) is 10.7 Å². The monoisotopic (exact) mass is 382 g/mol. The summed E-state index contributed by atoms with van der Waals surface area (Å²) in [4.78, 5) is 28.6. The molecule has 28 heavy (non-hydrogen) atoms. The fraction of sp³-hybridized carbons (Fsp3) is 0.350. The van der Waals surface area contributed by atoms with Crippen LogP contribution in [-0.4, -0.2) is 65.3 Å². The molecule has 0 radical (unpaired) electrons. The van der Waals surface area contributed by atoms with Crippen molar-refractivity contribution >= 4 is 16.9 Å². The van der Waals surface area contributed by atoms with Crippen molar-refractivity contribution in [3.05, 3.63) is 58.7 Å². The molecule has 0 atom stereocenters. The minimum Gasteiger partial charge on any atom is -0.493 e. The lowest BCUT2D eigenvalue weighted by molar-refractivity contribution is 0.0603. The van der Waals surface area contributed by atoms with Crippen LogP contribution in [0.5, 0.6) is 5.75 Å². The summed E-state index contributed by atoms with van der Waals surface area (Å²) in [5.41, 5.74) is 0.490. The molecule has 8 heteroatoms. The van der Waals surface area contributed by atoms with Crippen LogP contribution in [0.4, 0.5) is 0 Å². The molecule has 1 aliphatic heterocycles. The zero-order chi connectivity index (χ0) is 19.5. The summed E-state index contributed by atoms with van der Waals surface area (Å²) in [6.07, 6.45) is 1.61. The van der Waals surface area contributed by atoms with Crippen LogP contribution in [0.25, 0.3) is 11.0 Å². The molecule has 0 spiro atoms. The van der Waals surface area contributed by atoms with Crippen LogP contribution in [0.2, 0.25) is 0 Å². The molecule has 8 nitrogen and oxygen atoms in total. The fourth-order valence-electron chi connectivity index (χ4n) is 3.42. The molecule has 1 saturated heterocycles. The van der Waals surface area contributed by atoms with Crippen molar-refractivity contribution in [1.82, 2.24) is 19.6 Å². The van der Waals surface area contributed by atoms with E-state index >= 15 is 0 Å². The Morgan fingerprint density at radius 1 is 1.14 bits per heavy atom. The zero-order valence-electron chi connectivity index (χ0n) is 15.7. The topological polar surface area (TPSA) is 80.8 Å². The van der Waals surface area contributed by atoms with Gasteiger partial charge in [-0.25, -0.2) is 4.68 Å². The minimum atomic E-state index is -0.112. The number of para-hydroxylation sites is 1. The van der Waals surface area contributed by atoms with Crippen LogP contribution in [0.1, 0.15) is 10.6 Å². The Labute approximate surface area is 161 Å². The number of rotatable bonds is 5. The maximum Gasteiger partial charge on any atom is 0.289 e. The second-order valence-electron chi connectivity index (χ2n) is 6.71. The van der Waals surface area contributed by atoms with Gasteiger partial charge in [0.05, 0.1) is 13.7 Å². The molecule has 1 aliphatic rings. The smallest absolute Gasteiger partial charge is 0.289 e. The fourth-order valence-corrected chi connectivity index (χ4v) is 3.42. The van der Waals surface area contributed by atoms with E-state index in [1.807, 2.05) is 18.2 Å². The quantitative estimate of drug-likeness (QED) is 0.665. The van der Waals surface area contributed by atoms with Gasteiger partial charge in [0.15, 0.2) is 17.1 Å². The van der Waals surface area contributed by atoms with Crippen LogP contribution >= 0.6 is 0 Å². The Kier molecular flexibility index (Phi) is 5.12. The highest BCUT2D eigenvalue weighted by molar-refractivity contribution is 5.97. The Bertz CT molecular complexity index is 1030. The number of hydrogen-bond acceptors (Lipinski definition) is 6. The van der Waals surface area contributed by atoms with Crippen molar-refractivity contribution in [3.63, 3.8) is 0 Å². The van der Waals surface area contributed by atoms with E-state index in [2.05, 4.69) is 10.00 Å². The Hall–Kier alpha value is -3.13. The first kappa shape index (κ1) is 18.2. The molecule has 0 bridgehead atoms. The van der Waals surface area contributed by atoms with Gasteiger partial charge in [0.2, 0.25) is 0 Å². The lowest BCUT2D eigenvalue weighted by Crippen LogP contribution is -2.49. The molecule has 3 heterocycles. The van der Waals surface area contributed by atoms with Crippen molar-refractivity contribution < 1.29 is 13.9 Å². The molecule has 146 valence electrons. The summed E-state index contributed by atoms with van der Waals surface area (Å²) < 4.78 is 12.5. The van der Waals surface area contributed by atoms with Crippen molar-refractivity contribution in [3.8, 4) is 5.75 Å². The third kappa shape index (κ3) is 3.63. The number of amides is 1. The van der Waals surface area contributed by atoms with E-state index in [9.17, 15) is 9.59 Å². The molecule has 2 aromatic heterocycles. The number of furan rings is 1. The summed E-state index contributed by atoms with van der Waals surface area (Å²) in [7, 11) is 1.58. The van der Waals surface area contributed by atoms with Gasteiger partial charge in [0, 0.05) is 50.4 Å². The lowest BCUT2D eigenvalue weighted by atomic mass is 10.2. The Balaban J connectivity index is 1.36. The Morgan fingerprint density at radius 2 is 1.96 bits per heavy atom. The summed E-state index contributed by atoms with van der Waals surface area (Å²) >= 11 is 0. The first-order valence-corrected chi connectivity index (χ1v) is 9.26. The third-order valence-electron chi connectivity index (χ3n) is 5.01. The van der Waals surface area contributed by atoms with E-state index in [4.69, 9.17) is 9.15 Å². The predicted molar refractivity (Wildman–Crippen MR) is 104 cm³/mol.